The van der Waals surface area contributed by atoms with E-state index >= 15 is 0 Å². The van der Waals surface area contributed by atoms with Crippen molar-refractivity contribution in [1.29, 1.82) is 0 Å². The Morgan fingerprint density at radius 3 is 2.67 bits per heavy atom. The smallest absolute Gasteiger partial charge is 0.253 e. The van der Waals surface area contributed by atoms with Crippen molar-refractivity contribution in [2.45, 2.75) is 38.3 Å². The van der Waals surface area contributed by atoms with Gasteiger partial charge in [-0.3, -0.25) is 9.79 Å². The van der Waals surface area contributed by atoms with Crippen LogP contribution in [-0.4, -0.2) is 38.2 Å². The zero-order valence-corrected chi connectivity index (χ0v) is 19.9. The molecule has 0 aliphatic carbocycles. The van der Waals surface area contributed by atoms with E-state index < -0.39 is 0 Å². The molecule has 2 unspecified atom stereocenters. The Bertz CT molecular complexity index is 823. The first kappa shape index (κ1) is 24.1. The molecule has 1 fully saturated rings. The third-order valence-electron chi connectivity index (χ3n) is 5.04. The fraction of sp³-hybridized carbons (Fsp3) is 0.391. The third kappa shape index (κ3) is 7.28. The molecule has 3 rings (SSSR count). The maximum atomic E-state index is 12.2. The van der Waals surface area contributed by atoms with Gasteiger partial charge >= 0.3 is 0 Å². The number of rotatable bonds is 7. The highest BCUT2D eigenvalue weighted by atomic mass is 127. The van der Waals surface area contributed by atoms with E-state index in [0.29, 0.717) is 19.1 Å². The lowest BCUT2D eigenvalue weighted by atomic mass is 10.0. The summed E-state index contributed by atoms with van der Waals surface area (Å²) in [6.45, 7) is 4.26. The van der Waals surface area contributed by atoms with Crippen LogP contribution in [0.2, 0.25) is 0 Å². The average molecular weight is 522 g/mol. The van der Waals surface area contributed by atoms with Crippen LogP contribution in [0.1, 0.15) is 36.8 Å². The lowest BCUT2D eigenvalue weighted by molar-refractivity contribution is -0.124. The van der Waals surface area contributed by atoms with Crippen LogP contribution in [-0.2, 0) is 16.1 Å². The molecule has 3 N–H and O–H groups in total. The average Bonchev–Trinajstić information content (AvgIpc) is 3.30. The molecule has 0 bridgehead atoms. The third-order valence-corrected chi connectivity index (χ3v) is 5.04. The molecule has 1 amide bonds. The van der Waals surface area contributed by atoms with Gasteiger partial charge in [-0.15, -0.1) is 24.0 Å². The molecule has 0 spiro atoms. The minimum Gasteiger partial charge on any atom is -0.368 e. The van der Waals surface area contributed by atoms with Gasteiger partial charge in [0.2, 0.25) is 0 Å². The second-order valence-electron chi connectivity index (χ2n) is 7.31. The highest BCUT2D eigenvalue weighted by Gasteiger charge is 2.23. The van der Waals surface area contributed by atoms with Crippen LogP contribution >= 0.6 is 24.0 Å². The number of aliphatic imine (C=N–C) groups is 1. The Kier molecular flexibility index (Phi) is 10.1. The summed E-state index contributed by atoms with van der Waals surface area (Å²) in [4.78, 5) is 16.5. The summed E-state index contributed by atoms with van der Waals surface area (Å²) in [5, 5.41) is 9.65. The van der Waals surface area contributed by atoms with Crippen molar-refractivity contribution in [2.75, 3.05) is 25.5 Å². The van der Waals surface area contributed by atoms with Crippen LogP contribution < -0.4 is 16.0 Å². The lowest BCUT2D eigenvalue weighted by Gasteiger charge is -2.17. The van der Waals surface area contributed by atoms with Crippen molar-refractivity contribution in [2.24, 2.45) is 4.99 Å². The summed E-state index contributed by atoms with van der Waals surface area (Å²) >= 11 is 0. The summed E-state index contributed by atoms with van der Waals surface area (Å²) in [5.74, 6) is 1.06. The van der Waals surface area contributed by atoms with E-state index in [-0.39, 0.29) is 36.0 Å². The molecular formula is C23H31IN4O2. The highest BCUT2D eigenvalue weighted by Crippen LogP contribution is 2.16. The van der Waals surface area contributed by atoms with Gasteiger partial charge in [0.1, 0.15) is 6.10 Å². The fourth-order valence-corrected chi connectivity index (χ4v) is 3.32. The Labute approximate surface area is 195 Å². The molecule has 30 heavy (non-hydrogen) atoms. The van der Waals surface area contributed by atoms with E-state index in [1.165, 1.54) is 5.56 Å². The monoisotopic (exact) mass is 522 g/mol. The number of guanidine groups is 1. The number of ether oxygens (including phenoxy) is 1. The van der Waals surface area contributed by atoms with E-state index in [4.69, 9.17) is 4.74 Å². The van der Waals surface area contributed by atoms with Crippen molar-refractivity contribution in [3.05, 3.63) is 65.7 Å². The SMILES string of the molecule is CN=C(NCc1cccc(NC(=O)C2CCCO2)c1)NCC(C)c1ccccc1.I. The Morgan fingerprint density at radius 1 is 1.17 bits per heavy atom. The topological polar surface area (TPSA) is 74.8 Å². The minimum absolute atomic E-state index is 0. The number of hydrogen-bond donors (Lipinski definition) is 3. The van der Waals surface area contributed by atoms with E-state index in [0.717, 1.165) is 36.6 Å². The fourth-order valence-electron chi connectivity index (χ4n) is 3.32. The highest BCUT2D eigenvalue weighted by molar-refractivity contribution is 14.0. The van der Waals surface area contributed by atoms with Gasteiger partial charge in [0.15, 0.2) is 5.96 Å². The zero-order chi connectivity index (χ0) is 20.5. The molecular weight excluding hydrogens is 491 g/mol. The molecule has 1 aliphatic heterocycles. The molecule has 6 nitrogen and oxygen atoms in total. The molecule has 1 heterocycles. The van der Waals surface area contributed by atoms with Crippen LogP contribution in [0, 0.1) is 0 Å². The summed E-state index contributed by atoms with van der Waals surface area (Å²) in [6, 6.07) is 18.3. The number of carbonyl (C=O) groups excluding carboxylic acids is 1. The number of nitrogens with zero attached hydrogens (tertiary/aromatic N) is 1. The predicted octanol–water partition coefficient (Wildman–Crippen LogP) is 3.89. The van der Waals surface area contributed by atoms with Crippen molar-refractivity contribution >= 4 is 41.5 Å². The van der Waals surface area contributed by atoms with E-state index in [9.17, 15) is 4.79 Å². The van der Waals surface area contributed by atoms with Crippen LogP contribution in [0.3, 0.4) is 0 Å². The van der Waals surface area contributed by atoms with Gasteiger partial charge in [-0.05, 0) is 42.0 Å². The van der Waals surface area contributed by atoms with Crippen LogP contribution in [0.25, 0.3) is 0 Å². The molecule has 2 atom stereocenters. The molecule has 162 valence electrons. The maximum Gasteiger partial charge on any atom is 0.253 e. The quantitative estimate of drug-likeness (QED) is 0.293. The first-order valence-electron chi connectivity index (χ1n) is 10.2. The van der Waals surface area contributed by atoms with Gasteiger partial charge < -0.3 is 20.7 Å². The van der Waals surface area contributed by atoms with Crippen molar-refractivity contribution in [3.63, 3.8) is 0 Å². The van der Waals surface area contributed by atoms with Crippen LogP contribution in [0.5, 0.6) is 0 Å². The standard InChI is InChI=1S/C23H30N4O2.HI/c1-17(19-9-4-3-5-10-19)15-25-23(24-2)26-16-18-8-6-11-20(14-18)27-22(28)21-12-7-13-29-21;/h3-6,8-11,14,17,21H,7,12-13,15-16H2,1-2H3,(H,27,28)(H2,24,25,26);1H. The minimum atomic E-state index is -0.327. The van der Waals surface area contributed by atoms with E-state index in [2.05, 4.69) is 52.1 Å². The number of carbonyl (C=O) groups is 1. The Hall–Kier alpha value is -2.13. The van der Waals surface area contributed by atoms with Crippen molar-refractivity contribution < 1.29 is 9.53 Å². The summed E-state index contributed by atoms with van der Waals surface area (Å²) in [5.41, 5.74) is 3.14. The molecule has 2 aromatic rings. The molecule has 0 saturated carbocycles. The second-order valence-corrected chi connectivity index (χ2v) is 7.31. The zero-order valence-electron chi connectivity index (χ0n) is 17.6. The summed E-state index contributed by atoms with van der Waals surface area (Å²) < 4.78 is 5.44. The Balaban J connectivity index is 0.00000320. The molecule has 1 aliphatic rings. The van der Waals surface area contributed by atoms with Crippen LogP contribution in [0.4, 0.5) is 5.69 Å². The molecule has 7 heteroatoms. The maximum absolute atomic E-state index is 12.2. The number of amides is 1. The number of nitrogens with one attached hydrogen (secondary N) is 3. The first-order valence-corrected chi connectivity index (χ1v) is 10.2. The largest absolute Gasteiger partial charge is 0.368 e. The first-order chi connectivity index (χ1) is 14.2. The van der Waals surface area contributed by atoms with Gasteiger partial charge in [-0.2, -0.15) is 0 Å². The Morgan fingerprint density at radius 2 is 1.97 bits per heavy atom. The number of hydrogen-bond acceptors (Lipinski definition) is 3. The lowest BCUT2D eigenvalue weighted by Crippen LogP contribution is -2.38. The summed E-state index contributed by atoms with van der Waals surface area (Å²) in [7, 11) is 1.76. The molecule has 0 aromatic heterocycles. The van der Waals surface area contributed by atoms with Gasteiger partial charge in [-0.25, -0.2) is 0 Å². The van der Waals surface area contributed by atoms with E-state index in [1.54, 1.807) is 7.05 Å². The normalized spacial score (nSPS) is 17.0. The van der Waals surface area contributed by atoms with E-state index in [1.807, 2.05) is 30.3 Å². The summed E-state index contributed by atoms with van der Waals surface area (Å²) in [6.07, 6.45) is 1.40. The molecule has 1 saturated heterocycles. The molecule has 0 radical (unpaired) electrons. The van der Waals surface area contributed by atoms with Gasteiger partial charge in [-0.1, -0.05) is 49.4 Å². The van der Waals surface area contributed by atoms with Crippen molar-refractivity contribution in [1.82, 2.24) is 10.6 Å². The molecule has 2 aromatic carbocycles. The number of halogens is 1. The predicted molar refractivity (Wildman–Crippen MR) is 133 cm³/mol. The van der Waals surface area contributed by atoms with Crippen molar-refractivity contribution in [3.8, 4) is 0 Å². The van der Waals surface area contributed by atoms with Gasteiger partial charge in [0.25, 0.3) is 5.91 Å². The van der Waals surface area contributed by atoms with Gasteiger partial charge in [0, 0.05) is 32.4 Å². The van der Waals surface area contributed by atoms with Crippen LogP contribution in [0.15, 0.2) is 59.6 Å². The second kappa shape index (κ2) is 12.5. The number of anilines is 1. The number of benzene rings is 2. The van der Waals surface area contributed by atoms with Gasteiger partial charge in [0.05, 0.1) is 0 Å².